The second kappa shape index (κ2) is 5.38. The highest BCUT2D eigenvalue weighted by Gasteiger charge is 2.17. The number of thiophene rings is 1. The van der Waals surface area contributed by atoms with Crippen LogP contribution in [0.15, 0.2) is 11.4 Å². The van der Waals surface area contributed by atoms with Crippen molar-refractivity contribution in [2.45, 2.75) is 12.5 Å². The normalized spacial score (nSPS) is 12.9. The highest BCUT2D eigenvalue weighted by atomic mass is 32.1. The van der Waals surface area contributed by atoms with Crippen LogP contribution in [0.5, 0.6) is 0 Å². The van der Waals surface area contributed by atoms with Gasteiger partial charge in [-0.05, 0) is 11.4 Å². The summed E-state index contributed by atoms with van der Waals surface area (Å²) in [6, 6.07) is 1.76. The molecule has 1 unspecified atom stereocenters. The number of aromatic nitrogens is 2. The van der Waals surface area contributed by atoms with Crippen molar-refractivity contribution in [1.29, 1.82) is 0 Å². The highest BCUT2D eigenvalue weighted by Crippen LogP contribution is 2.26. The number of halogens is 2. The van der Waals surface area contributed by atoms with Crippen LogP contribution in [0, 0.1) is 0 Å². The number of nitrogens with one attached hydrogen (secondary N) is 2. The Kier molecular flexibility index (Phi) is 3.84. The number of alkyl halides is 2. The number of anilines is 2. The second-order valence-electron chi connectivity index (χ2n) is 3.46. The van der Waals surface area contributed by atoms with Gasteiger partial charge in [-0.2, -0.15) is 4.98 Å². The number of nitrogens with zero attached hydrogens (tertiary/aromatic N) is 2. The van der Waals surface area contributed by atoms with Gasteiger partial charge in [0.15, 0.2) is 0 Å². The summed E-state index contributed by atoms with van der Waals surface area (Å²) in [4.78, 5) is 8.79. The molecular formula is C9H11F2N5OS. The molecule has 6 nitrogen and oxygen atoms in total. The first-order valence-electron chi connectivity index (χ1n) is 5.03. The van der Waals surface area contributed by atoms with Crippen molar-refractivity contribution in [2.75, 3.05) is 17.3 Å². The largest absolute Gasteiger partial charge is 0.385 e. The molecule has 2 aromatic heterocycles. The third-order valence-corrected chi connectivity index (χ3v) is 3.03. The monoisotopic (exact) mass is 275 g/mol. The van der Waals surface area contributed by atoms with Crippen LogP contribution in [0.4, 0.5) is 20.5 Å². The molecular weight excluding hydrogens is 264 g/mol. The molecule has 5 N–H and O–H groups in total. The quantitative estimate of drug-likeness (QED) is 0.480. The average molecular weight is 275 g/mol. The van der Waals surface area contributed by atoms with Gasteiger partial charge in [0.05, 0.1) is 5.39 Å². The molecule has 18 heavy (non-hydrogen) atoms. The average Bonchev–Trinajstić information content (AvgIpc) is 2.83. The van der Waals surface area contributed by atoms with E-state index in [4.69, 9.17) is 10.9 Å². The summed E-state index contributed by atoms with van der Waals surface area (Å²) in [7, 11) is 0. The van der Waals surface area contributed by atoms with Crippen molar-refractivity contribution in [3.8, 4) is 0 Å². The second-order valence-corrected chi connectivity index (χ2v) is 4.36. The number of hydrogen-bond acceptors (Lipinski definition) is 7. The summed E-state index contributed by atoms with van der Waals surface area (Å²) >= 11 is 1.37. The van der Waals surface area contributed by atoms with Gasteiger partial charge >= 0.3 is 0 Å². The molecule has 9 heteroatoms. The van der Waals surface area contributed by atoms with Crippen molar-refractivity contribution in [3.05, 3.63) is 11.4 Å². The summed E-state index contributed by atoms with van der Waals surface area (Å²) in [6.07, 6.45) is -4.55. The summed E-state index contributed by atoms with van der Waals surface area (Å²) in [5.74, 6) is 5.75. The van der Waals surface area contributed by atoms with E-state index in [9.17, 15) is 8.78 Å². The van der Waals surface area contributed by atoms with E-state index in [2.05, 4.69) is 20.7 Å². The van der Waals surface area contributed by atoms with Crippen molar-refractivity contribution < 1.29 is 13.9 Å². The van der Waals surface area contributed by atoms with Gasteiger partial charge in [0, 0.05) is 6.54 Å². The maximum Gasteiger partial charge on any atom is 0.265 e. The van der Waals surface area contributed by atoms with Gasteiger partial charge < -0.3 is 10.4 Å². The molecule has 1 atom stereocenters. The summed E-state index contributed by atoms with van der Waals surface area (Å²) < 4.78 is 24.4. The summed E-state index contributed by atoms with van der Waals surface area (Å²) in [5.41, 5.74) is 2.29. The third-order valence-electron chi connectivity index (χ3n) is 2.22. The fraction of sp³-hybridized carbons (Fsp3) is 0.333. The summed E-state index contributed by atoms with van der Waals surface area (Å²) in [6.45, 7) is -0.302. The number of aliphatic hydroxyl groups excluding tert-OH is 1. The zero-order chi connectivity index (χ0) is 13.1. The number of nitrogen functional groups attached to an aromatic ring is 1. The van der Waals surface area contributed by atoms with Gasteiger partial charge in [-0.3, -0.25) is 5.43 Å². The van der Waals surface area contributed by atoms with Gasteiger partial charge in [0.25, 0.3) is 6.43 Å². The Morgan fingerprint density at radius 3 is 2.89 bits per heavy atom. The van der Waals surface area contributed by atoms with Crippen molar-refractivity contribution >= 4 is 33.3 Å². The van der Waals surface area contributed by atoms with E-state index >= 15 is 0 Å². The number of rotatable bonds is 5. The standard InChI is InChI=1S/C9H11F2N5OS/c10-6(11)5(17)3-13-7-4-1-2-18-8(4)15-9(14-7)16-12/h1-2,5-6,17H,3,12H2,(H2,13,14,15,16). The molecule has 0 aliphatic heterocycles. The topological polar surface area (TPSA) is 96.1 Å². The third kappa shape index (κ3) is 2.63. The lowest BCUT2D eigenvalue weighted by Gasteiger charge is -2.12. The van der Waals surface area contributed by atoms with Crippen molar-refractivity contribution in [3.63, 3.8) is 0 Å². The summed E-state index contributed by atoms with van der Waals surface area (Å²) in [5, 5.41) is 14.2. The lowest BCUT2D eigenvalue weighted by atomic mass is 10.3. The molecule has 0 radical (unpaired) electrons. The first-order chi connectivity index (χ1) is 8.61. The minimum Gasteiger partial charge on any atom is -0.385 e. The van der Waals surface area contributed by atoms with Crippen LogP contribution in [0.1, 0.15) is 0 Å². The van der Waals surface area contributed by atoms with Gasteiger partial charge in [0.2, 0.25) is 5.95 Å². The van der Waals surface area contributed by atoms with E-state index in [-0.39, 0.29) is 12.5 Å². The molecule has 0 spiro atoms. The van der Waals surface area contributed by atoms with E-state index in [0.717, 1.165) is 0 Å². The van der Waals surface area contributed by atoms with E-state index in [0.29, 0.717) is 16.0 Å². The minimum atomic E-state index is -2.80. The van der Waals surface area contributed by atoms with Crippen molar-refractivity contribution in [2.24, 2.45) is 5.84 Å². The van der Waals surface area contributed by atoms with Gasteiger partial charge in [-0.1, -0.05) is 0 Å². The molecule has 0 aliphatic carbocycles. The van der Waals surface area contributed by atoms with Crippen molar-refractivity contribution in [1.82, 2.24) is 9.97 Å². The zero-order valence-corrected chi connectivity index (χ0v) is 9.92. The molecule has 2 rings (SSSR count). The van der Waals surface area contributed by atoms with E-state index in [1.807, 2.05) is 0 Å². The number of aliphatic hydroxyl groups is 1. The number of hydrazine groups is 1. The van der Waals surface area contributed by atoms with Gasteiger partial charge in [0.1, 0.15) is 16.8 Å². The van der Waals surface area contributed by atoms with Crippen LogP contribution in [0.3, 0.4) is 0 Å². The lowest BCUT2D eigenvalue weighted by Crippen LogP contribution is -2.27. The van der Waals surface area contributed by atoms with Crippen LogP contribution < -0.4 is 16.6 Å². The zero-order valence-electron chi connectivity index (χ0n) is 9.10. The number of nitrogens with two attached hydrogens (primary N) is 1. The Balaban J connectivity index is 2.23. The maximum absolute atomic E-state index is 12.2. The van der Waals surface area contributed by atoms with Crippen LogP contribution >= 0.6 is 11.3 Å². The molecule has 0 saturated heterocycles. The highest BCUT2D eigenvalue weighted by molar-refractivity contribution is 7.16. The van der Waals surface area contributed by atoms with Crippen LogP contribution in [-0.2, 0) is 0 Å². The van der Waals surface area contributed by atoms with Crippen LogP contribution in [0.25, 0.3) is 10.2 Å². The lowest BCUT2D eigenvalue weighted by molar-refractivity contribution is 0.00382. The molecule has 0 aromatic carbocycles. The Morgan fingerprint density at radius 1 is 1.44 bits per heavy atom. The first-order valence-corrected chi connectivity index (χ1v) is 5.91. The number of fused-ring (bicyclic) bond motifs is 1. The van der Waals surface area contributed by atoms with Gasteiger partial charge in [-0.25, -0.2) is 19.6 Å². The predicted molar refractivity (Wildman–Crippen MR) is 65.7 cm³/mol. The first kappa shape index (κ1) is 12.9. The Hall–Kier alpha value is -1.58. The molecule has 2 heterocycles. The van der Waals surface area contributed by atoms with Crippen LogP contribution in [0.2, 0.25) is 0 Å². The molecule has 2 aromatic rings. The predicted octanol–water partition coefficient (Wildman–Crippen LogP) is 1.01. The maximum atomic E-state index is 12.2. The van der Waals surface area contributed by atoms with Crippen LogP contribution in [-0.4, -0.2) is 34.1 Å². The van der Waals surface area contributed by atoms with E-state index in [1.165, 1.54) is 11.3 Å². The smallest absolute Gasteiger partial charge is 0.265 e. The fourth-order valence-electron chi connectivity index (χ4n) is 1.35. The van der Waals surface area contributed by atoms with E-state index in [1.54, 1.807) is 11.4 Å². The SMILES string of the molecule is NNc1nc(NCC(O)C(F)F)c2ccsc2n1. The fourth-order valence-corrected chi connectivity index (χ4v) is 2.11. The Bertz CT molecular complexity index is 535. The molecule has 0 bridgehead atoms. The number of hydrogen-bond donors (Lipinski definition) is 4. The Labute approximate surface area is 105 Å². The molecule has 0 fully saturated rings. The minimum absolute atomic E-state index is 0.180. The molecule has 0 saturated carbocycles. The van der Waals surface area contributed by atoms with E-state index < -0.39 is 12.5 Å². The van der Waals surface area contributed by atoms with Gasteiger partial charge in [-0.15, -0.1) is 11.3 Å². The molecule has 98 valence electrons. The molecule has 0 amide bonds. The Morgan fingerprint density at radius 2 is 2.22 bits per heavy atom. The molecule has 0 aliphatic rings.